The minimum absolute atomic E-state index is 0.175. The van der Waals surface area contributed by atoms with Crippen molar-refractivity contribution in [2.24, 2.45) is 5.41 Å². The molecule has 0 fully saturated rings. The third-order valence-electron chi connectivity index (χ3n) is 2.44. The monoisotopic (exact) mass is 342 g/mol. The Morgan fingerprint density at radius 3 is 2.45 bits per heavy atom. The van der Waals surface area contributed by atoms with Gasteiger partial charge in [0, 0.05) is 5.41 Å². The fraction of sp³-hybridized carbons (Fsp3) is 0.429. The third kappa shape index (κ3) is 5.21. The van der Waals surface area contributed by atoms with Gasteiger partial charge in [-0.3, -0.25) is 20.4 Å². The van der Waals surface area contributed by atoms with E-state index in [0.717, 1.165) is 10.0 Å². The Balaban J connectivity index is 2.42. The Kier molecular flexibility index (Phi) is 5.56. The van der Waals surface area contributed by atoms with Crippen molar-refractivity contribution in [1.29, 1.82) is 0 Å². The zero-order valence-corrected chi connectivity index (χ0v) is 13.6. The standard InChI is InChI=1S/C14H19BrN2O3/c1-9-5-6-11(10(15)7-9)20-8-12(18)16-17-13(19)14(2,3)4/h5-7H,8H2,1-4H3,(H,16,18)(H,17,19). The molecule has 0 atom stereocenters. The lowest BCUT2D eigenvalue weighted by molar-refractivity contribution is -0.134. The maximum absolute atomic E-state index is 11.6. The van der Waals surface area contributed by atoms with Crippen LogP contribution >= 0.6 is 15.9 Å². The smallest absolute Gasteiger partial charge is 0.276 e. The van der Waals surface area contributed by atoms with Crippen LogP contribution in [0.15, 0.2) is 22.7 Å². The summed E-state index contributed by atoms with van der Waals surface area (Å²) in [7, 11) is 0. The lowest BCUT2D eigenvalue weighted by Crippen LogP contribution is -2.48. The molecule has 1 rings (SSSR count). The van der Waals surface area contributed by atoms with E-state index in [2.05, 4.69) is 26.8 Å². The molecule has 0 saturated carbocycles. The van der Waals surface area contributed by atoms with Gasteiger partial charge in [0.05, 0.1) is 4.47 Å². The summed E-state index contributed by atoms with van der Waals surface area (Å²) in [5.74, 6) is -0.106. The minimum Gasteiger partial charge on any atom is -0.483 e. The molecule has 20 heavy (non-hydrogen) atoms. The van der Waals surface area contributed by atoms with E-state index in [1.165, 1.54) is 0 Å². The van der Waals surface area contributed by atoms with Crippen molar-refractivity contribution in [3.63, 3.8) is 0 Å². The molecule has 110 valence electrons. The van der Waals surface area contributed by atoms with Gasteiger partial charge in [0.2, 0.25) is 5.91 Å². The average molecular weight is 343 g/mol. The maximum atomic E-state index is 11.6. The molecule has 0 aliphatic rings. The number of hydrogen-bond acceptors (Lipinski definition) is 3. The van der Waals surface area contributed by atoms with Crippen molar-refractivity contribution in [3.05, 3.63) is 28.2 Å². The predicted molar refractivity (Wildman–Crippen MR) is 80.1 cm³/mol. The van der Waals surface area contributed by atoms with Crippen LogP contribution in [0.4, 0.5) is 0 Å². The van der Waals surface area contributed by atoms with Crippen molar-refractivity contribution < 1.29 is 14.3 Å². The number of nitrogens with one attached hydrogen (secondary N) is 2. The first-order valence-corrected chi connectivity index (χ1v) is 6.97. The van der Waals surface area contributed by atoms with E-state index in [4.69, 9.17) is 4.74 Å². The van der Waals surface area contributed by atoms with E-state index < -0.39 is 11.3 Å². The molecule has 0 spiro atoms. The molecule has 1 aromatic carbocycles. The highest BCUT2D eigenvalue weighted by Crippen LogP contribution is 2.25. The van der Waals surface area contributed by atoms with Gasteiger partial charge < -0.3 is 4.74 Å². The van der Waals surface area contributed by atoms with Crippen LogP contribution in [0.25, 0.3) is 0 Å². The van der Waals surface area contributed by atoms with Crippen molar-refractivity contribution in [3.8, 4) is 5.75 Å². The van der Waals surface area contributed by atoms with Crippen LogP contribution in [0, 0.1) is 12.3 Å². The second-order valence-corrected chi connectivity index (χ2v) is 6.33. The lowest BCUT2D eigenvalue weighted by atomic mass is 9.96. The number of rotatable bonds is 3. The van der Waals surface area contributed by atoms with Gasteiger partial charge in [-0.1, -0.05) is 26.8 Å². The van der Waals surface area contributed by atoms with E-state index in [-0.39, 0.29) is 12.5 Å². The Bertz CT molecular complexity index is 510. The molecule has 0 unspecified atom stereocenters. The second-order valence-electron chi connectivity index (χ2n) is 5.47. The Morgan fingerprint density at radius 2 is 1.90 bits per heavy atom. The predicted octanol–water partition coefficient (Wildman–Crippen LogP) is 2.33. The number of halogens is 1. The first-order valence-electron chi connectivity index (χ1n) is 6.18. The topological polar surface area (TPSA) is 67.4 Å². The SMILES string of the molecule is Cc1ccc(OCC(=O)NNC(=O)C(C)(C)C)c(Br)c1. The summed E-state index contributed by atoms with van der Waals surface area (Å²) in [6.45, 7) is 7.06. The molecule has 2 amide bonds. The van der Waals surface area contributed by atoms with Crippen LogP contribution in [0.3, 0.4) is 0 Å². The zero-order valence-electron chi connectivity index (χ0n) is 12.0. The van der Waals surface area contributed by atoms with E-state index in [1.807, 2.05) is 19.1 Å². The summed E-state index contributed by atoms with van der Waals surface area (Å²) in [5, 5.41) is 0. The number of carbonyl (C=O) groups excluding carboxylic acids is 2. The Labute approximate surface area is 127 Å². The maximum Gasteiger partial charge on any atom is 0.276 e. The normalized spacial score (nSPS) is 10.8. The summed E-state index contributed by atoms with van der Waals surface area (Å²) in [4.78, 5) is 23.1. The van der Waals surface area contributed by atoms with Crippen LogP contribution < -0.4 is 15.6 Å². The molecule has 0 aliphatic heterocycles. The molecule has 6 heteroatoms. The van der Waals surface area contributed by atoms with E-state index in [9.17, 15) is 9.59 Å². The number of carbonyl (C=O) groups is 2. The van der Waals surface area contributed by atoms with Gasteiger partial charge in [0.1, 0.15) is 5.75 Å². The fourth-order valence-corrected chi connectivity index (χ4v) is 1.82. The third-order valence-corrected chi connectivity index (χ3v) is 3.06. The highest BCUT2D eigenvalue weighted by Gasteiger charge is 2.21. The minimum atomic E-state index is -0.561. The molecule has 0 saturated heterocycles. The lowest BCUT2D eigenvalue weighted by Gasteiger charge is -2.18. The van der Waals surface area contributed by atoms with Crippen molar-refractivity contribution in [1.82, 2.24) is 10.9 Å². The molecular formula is C14H19BrN2O3. The van der Waals surface area contributed by atoms with Gasteiger partial charge in [-0.2, -0.15) is 0 Å². The Morgan fingerprint density at radius 1 is 1.25 bits per heavy atom. The second kappa shape index (κ2) is 6.74. The van der Waals surface area contributed by atoms with Gasteiger partial charge in [-0.05, 0) is 40.5 Å². The molecule has 2 N–H and O–H groups in total. The average Bonchev–Trinajstić information content (AvgIpc) is 2.33. The molecule has 0 radical (unpaired) electrons. The first kappa shape index (κ1) is 16.5. The fourth-order valence-electron chi connectivity index (χ4n) is 1.22. The van der Waals surface area contributed by atoms with Gasteiger partial charge in [0.25, 0.3) is 5.91 Å². The highest BCUT2D eigenvalue weighted by molar-refractivity contribution is 9.10. The van der Waals surface area contributed by atoms with Gasteiger partial charge in [-0.25, -0.2) is 0 Å². The molecule has 0 aromatic heterocycles. The van der Waals surface area contributed by atoms with Gasteiger partial charge >= 0.3 is 0 Å². The van der Waals surface area contributed by atoms with Crippen molar-refractivity contribution in [2.45, 2.75) is 27.7 Å². The number of hydrogen-bond donors (Lipinski definition) is 2. The quantitative estimate of drug-likeness (QED) is 0.828. The summed E-state index contributed by atoms with van der Waals surface area (Å²) in [6, 6.07) is 5.56. The molecule has 0 heterocycles. The van der Waals surface area contributed by atoms with Crippen molar-refractivity contribution >= 4 is 27.7 Å². The molecule has 1 aromatic rings. The summed E-state index contributed by atoms with van der Waals surface area (Å²) >= 11 is 3.36. The highest BCUT2D eigenvalue weighted by atomic mass is 79.9. The number of hydrazine groups is 1. The van der Waals surface area contributed by atoms with Crippen LogP contribution in [0.1, 0.15) is 26.3 Å². The van der Waals surface area contributed by atoms with Crippen LogP contribution in [-0.4, -0.2) is 18.4 Å². The van der Waals surface area contributed by atoms with Gasteiger partial charge in [0.15, 0.2) is 6.61 Å². The number of ether oxygens (including phenoxy) is 1. The summed E-state index contributed by atoms with van der Waals surface area (Å²) in [6.07, 6.45) is 0. The summed E-state index contributed by atoms with van der Waals surface area (Å²) in [5.41, 5.74) is 5.19. The van der Waals surface area contributed by atoms with E-state index >= 15 is 0 Å². The Hall–Kier alpha value is -1.56. The van der Waals surface area contributed by atoms with Crippen molar-refractivity contribution in [2.75, 3.05) is 6.61 Å². The van der Waals surface area contributed by atoms with E-state index in [0.29, 0.717) is 5.75 Å². The van der Waals surface area contributed by atoms with Crippen LogP contribution in [0.2, 0.25) is 0 Å². The van der Waals surface area contributed by atoms with Crippen LogP contribution in [-0.2, 0) is 9.59 Å². The number of amides is 2. The van der Waals surface area contributed by atoms with Gasteiger partial charge in [-0.15, -0.1) is 0 Å². The van der Waals surface area contributed by atoms with Crippen LogP contribution in [0.5, 0.6) is 5.75 Å². The number of aryl methyl sites for hydroxylation is 1. The first-order chi connectivity index (χ1) is 9.20. The largest absolute Gasteiger partial charge is 0.483 e. The molecule has 0 aliphatic carbocycles. The molecule has 5 nitrogen and oxygen atoms in total. The summed E-state index contributed by atoms with van der Waals surface area (Å²) < 4.78 is 6.14. The zero-order chi connectivity index (χ0) is 15.3. The van der Waals surface area contributed by atoms with E-state index in [1.54, 1.807) is 26.8 Å². The molecular weight excluding hydrogens is 324 g/mol. The molecule has 0 bridgehead atoms. The number of benzene rings is 1.